The van der Waals surface area contributed by atoms with Gasteiger partial charge in [-0.1, -0.05) is 6.08 Å². The van der Waals surface area contributed by atoms with Crippen LogP contribution >= 0.6 is 0 Å². The van der Waals surface area contributed by atoms with Crippen LogP contribution in [0, 0.1) is 5.92 Å². The first-order valence-corrected chi connectivity index (χ1v) is 3.84. The number of hydrogen-bond acceptors (Lipinski definition) is 3. The van der Waals surface area contributed by atoms with Gasteiger partial charge >= 0.3 is 0 Å². The number of ether oxygens (including phenoxy) is 1. The second-order valence-corrected chi connectivity index (χ2v) is 2.84. The lowest BCUT2D eigenvalue weighted by Gasteiger charge is -2.11. The van der Waals surface area contributed by atoms with Crippen LogP contribution in [0.2, 0.25) is 0 Å². The van der Waals surface area contributed by atoms with Gasteiger partial charge in [0.2, 0.25) is 0 Å². The maximum Gasteiger partial charge on any atom is 0.181 e. The van der Waals surface area contributed by atoms with Crippen LogP contribution in [0.1, 0.15) is 12.8 Å². The van der Waals surface area contributed by atoms with Crippen LogP contribution in [0.15, 0.2) is 12.7 Å². The molecule has 3 nitrogen and oxygen atoms in total. The molecule has 1 aliphatic heterocycles. The van der Waals surface area contributed by atoms with E-state index in [2.05, 4.69) is 6.58 Å². The van der Waals surface area contributed by atoms with Crippen LogP contribution in [0.3, 0.4) is 0 Å². The first kappa shape index (κ1) is 8.71. The van der Waals surface area contributed by atoms with E-state index in [0.717, 1.165) is 12.8 Å². The molecule has 11 heavy (non-hydrogen) atoms. The molecule has 0 radical (unpaired) electrons. The molecular weight excluding hydrogens is 144 g/mol. The first-order chi connectivity index (χ1) is 5.25. The summed E-state index contributed by atoms with van der Waals surface area (Å²) in [7, 11) is 0. The second kappa shape index (κ2) is 3.85. The Balaban J connectivity index is 2.29. The number of aliphatic hydroxyl groups is 2. The van der Waals surface area contributed by atoms with Gasteiger partial charge in [-0.2, -0.15) is 0 Å². The number of aliphatic hydroxyl groups excluding tert-OH is 2. The van der Waals surface area contributed by atoms with Gasteiger partial charge in [-0.05, 0) is 12.8 Å². The van der Waals surface area contributed by atoms with Gasteiger partial charge in [0.1, 0.15) is 6.10 Å². The van der Waals surface area contributed by atoms with E-state index >= 15 is 0 Å². The molecule has 0 saturated carbocycles. The Bertz CT molecular complexity index is 135. The minimum absolute atomic E-state index is 0.0722. The van der Waals surface area contributed by atoms with Crippen molar-refractivity contribution in [2.24, 2.45) is 5.92 Å². The highest BCUT2D eigenvalue weighted by Gasteiger charge is 2.33. The Kier molecular flexibility index (Phi) is 3.05. The molecule has 0 amide bonds. The SMILES string of the molecule is C=CCCC1COC(O)C1O. The number of hydrogen-bond donors (Lipinski definition) is 2. The average molecular weight is 158 g/mol. The molecule has 0 aliphatic carbocycles. The Morgan fingerprint density at radius 2 is 2.27 bits per heavy atom. The van der Waals surface area contributed by atoms with E-state index in [1.54, 1.807) is 6.08 Å². The molecule has 1 heterocycles. The quantitative estimate of drug-likeness (QED) is 0.580. The van der Waals surface area contributed by atoms with E-state index in [-0.39, 0.29) is 5.92 Å². The highest BCUT2D eigenvalue weighted by Crippen LogP contribution is 2.22. The van der Waals surface area contributed by atoms with E-state index in [0.29, 0.717) is 6.61 Å². The van der Waals surface area contributed by atoms with Gasteiger partial charge in [-0.3, -0.25) is 0 Å². The lowest BCUT2D eigenvalue weighted by Crippen LogP contribution is -2.25. The molecule has 3 unspecified atom stereocenters. The van der Waals surface area contributed by atoms with E-state index in [1.807, 2.05) is 0 Å². The van der Waals surface area contributed by atoms with Crippen molar-refractivity contribution in [1.82, 2.24) is 0 Å². The predicted octanol–water partition coefficient (Wildman–Crippen LogP) is 0.278. The van der Waals surface area contributed by atoms with Gasteiger partial charge in [0.15, 0.2) is 6.29 Å². The van der Waals surface area contributed by atoms with Crippen molar-refractivity contribution in [2.45, 2.75) is 25.2 Å². The van der Waals surface area contributed by atoms with Crippen LogP contribution < -0.4 is 0 Å². The summed E-state index contributed by atoms with van der Waals surface area (Å²) in [4.78, 5) is 0. The van der Waals surface area contributed by atoms with Crippen molar-refractivity contribution < 1.29 is 14.9 Å². The largest absolute Gasteiger partial charge is 0.387 e. The van der Waals surface area contributed by atoms with Crippen LogP contribution in [0.5, 0.6) is 0 Å². The molecule has 1 rings (SSSR count). The number of allylic oxidation sites excluding steroid dienone is 1. The van der Waals surface area contributed by atoms with Gasteiger partial charge in [-0.15, -0.1) is 6.58 Å². The minimum Gasteiger partial charge on any atom is -0.387 e. The van der Waals surface area contributed by atoms with Crippen LogP contribution in [-0.2, 0) is 4.74 Å². The van der Waals surface area contributed by atoms with Crippen molar-refractivity contribution >= 4 is 0 Å². The molecule has 0 aromatic rings. The molecule has 1 aliphatic rings. The monoisotopic (exact) mass is 158 g/mol. The summed E-state index contributed by atoms with van der Waals surface area (Å²) < 4.78 is 4.85. The van der Waals surface area contributed by atoms with Crippen LogP contribution in [0.4, 0.5) is 0 Å². The molecule has 64 valence electrons. The molecule has 3 heteroatoms. The maximum atomic E-state index is 9.27. The van der Waals surface area contributed by atoms with Crippen LogP contribution in [0.25, 0.3) is 0 Å². The summed E-state index contributed by atoms with van der Waals surface area (Å²) in [6.07, 6.45) is 1.80. The van der Waals surface area contributed by atoms with E-state index in [9.17, 15) is 5.11 Å². The summed E-state index contributed by atoms with van der Waals surface area (Å²) in [5.74, 6) is 0.0722. The summed E-state index contributed by atoms with van der Waals surface area (Å²) in [5.41, 5.74) is 0. The fourth-order valence-electron chi connectivity index (χ4n) is 1.24. The molecule has 0 bridgehead atoms. The minimum atomic E-state index is -0.982. The molecule has 3 atom stereocenters. The van der Waals surface area contributed by atoms with Gasteiger partial charge in [0.25, 0.3) is 0 Å². The van der Waals surface area contributed by atoms with Crippen molar-refractivity contribution in [3.05, 3.63) is 12.7 Å². The van der Waals surface area contributed by atoms with Crippen molar-refractivity contribution in [3.63, 3.8) is 0 Å². The highest BCUT2D eigenvalue weighted by molar-refractivity contribution is 4.79. The van der Waals surface area contributed by atoms with Crippen LogP contribution in [-0.4, -0.2) is 29.2 Å². The topological polar surface area (TPSA) is 49.7 Å². The molecule has 0 spiro atoms. The summed E-state index contributed by atoms with van der Waals surface area (Å²) in [5, 5.41) is 18.2. The predicted molar refractivity (Wildman–Crippen MR) is 40.9 cm³/mol. The van der Waals surface area contributed by atoms with Crippen molar-refractivity contribution in [3.8, 4) is 0 Å². The molecule has 0 aromatic heterocycles. The third-order valence-corrected chi connectivity index (χ3v) is 2.00. The second-order valence-electron chi connectivity index (χ2n) is 2.84. The molecular formula is C8H14O3. The molecule has 2 N–H and O–H groups in total. The third kappa shape index (κ3) is 2.02. The summed E-state index contributed by atoms with van der Waals surface area (Å²) in [6, 6.07) is 0. The smallest absolute Gasteiger partial charge is 0.181 e. The maximum absolute atomic E-state index is 9.27. The normalized spacial score (nSPS) is 37.5. The van der Waals surface area contributed by atoms with Gasteiger partial charge in [-0.25, -0.2) is 0 Å². The van der Waals surface area contributed by atoms with E-state index in [4.69, 9.17) is 9.84 Å². The molecule has 1 saturated heterocycles. The van der Waals surface area contributed by atoms with E-state index < -0.39 is 12.4 Å². The van der Waals surface area contributed by atoms with Crippen molar-refractivity contribution in [2.75, 3.05) is 6.61 Å². The standard InChI is InChI=1S/C8H14O3/c1-2-3-4-6-5-11-8(10)7(6)9/h2,6-10H,1,3-5H2. The highest BCUT2D eigenvalue weighted by atomic mass is 16.6. The van der Waals surface area contributed by atoms with Gasteiger partial charge < -0.3 is 14.9 Å². The lowest BCUT2D eigenvalue weighted by molar-refractivity contribution is -0.109. The van der Waals surface area contributed by atoms with Gasteiger partial charge in [0, 0.05) is 5.92 Å². The Hall–Kier alpha value is -0.380. The Morgan fingerprint density at radius 3 is 2.73 bits per heavy atom. The lowest BCUT2D eigenvalue weighted by atomic mass is 10.00. The Labute approximate surface area is 66.3 Å². The number of rotatable bonds is 3. The third-order valence-electron chi connectivity index (χ3n) is 2.00. The zero-order valence-corrected chi connectivity index (χ0v) is 6.44. The van der Waals surface area contributed by atoms with Crippen molar-refractivity contribution in [1.29, 1.82) is 0 Å². The Morgan fingerprint density at radius 1 is 1.55 bits per heavy atom. The zero-order chi connectivity index (χ0) is 8.27. The molecule has 0 aromatic carbocycles. The van der Waals surface area contributed by atoms with Gasteiger partial charge in [0.05, 0.1) is 6.61 Å². The summed E-state index contributed by atoms with van der Waals surface area (Å²) in [6.45, 7) is 4.04. The average Bonchev–Trinajstić information content (AvgIpc) is 2.31. The van der Waals surface area contributed by atoms with E-state index in [1.165, 1.54) is 0 Å². The summed E-state index contributed by atoms with van der Waals surface area (Å²) >= 11 is 0. The zero-order valence-electron chi connectivity index (χ0n) is 6.44. The molecule has 1 fully saturated rings. The first-order valence-electron chi connectivity index (χ1n) is 3.84. The fraction of sp³-hybridized carbons (Fsp3) is 0.750. The fourth-order valence-corrected chi connectivity index (χ4v) is 1.24.